The van der Waals surface area contributed by atoms with Crippen molar-refractivity contribution in [2.24, 2.45) is 0 Å². The number of fused-ring (bicyclic) bond motifs is 2. The van der Waals surface area contributed by atoms with E-state index in [0.29, 0.717) is 0 Å². The quantitative estimate of drug-likeness (QED) is 0.271. The summed E-state index contributed by atoms with van der Waals surface area (Å²) in [5.41, 5.74) is 0. The molecule has 4 rings (SSSR count). The molecule has 2 aliphatic heterocycles. The molecule has 0 amide bonds. The van der Waals surface area contributed by atoms with Gasteiger partial charge in [0.2, 0.25) is 0 Å². The average Bonchev–Trinajstić information content (AvgIpc) is 3.28. The van der Waals surface area contributed by atoms with Gasteiger partial charge >= 0.3 is 41.5 Å². The minimum atomic E-state index is -1.33. The summed E-state index contributed by atoms with van der Waals surface area (Å²) >= 11 is 10.1. The first-order chi connectivity index (χ1) is 14.5. The zero-order chi connectivity index (χ0) is 21.8. The van der Waals surface area contributed by atoms with E-state index in [1.54, 1.807) is 11.3 Å². The smallest absolute Gasteiger partial charge is 0.0560 e. The molecule has 0 atom stereocenters. The first kappa shape index (κ1) is 28.3. The van der Waals surface area contributed by atoms with Crippen LogP contribution in [0.4, 0.5) is 0 Å². The van der Waals surface area contributed by atoms with Crippen LogP contribution in [0.1, 0.15) is 9.75 Å². The summed E-state index contributed by atoms with van der Waals surface area (Å²) in [4.78, 5) is 8.82. The Kier molecular flexibility index (Phi) is 15.8. The minimum Gasteiger partial charge on any atom is -0.380 e. The number of ether oxygens (including phenoxy) is 2. The molecular weight excluding hydrogens is 603 g/mol. The topological polar surface area (TPSA) is 18.5 Å². The van der Waals surface area contributed by atoms with E-state index in [4.69, 9.17) is 39.8 Å². The van der Waals surface area contributed by atoms with Gasteiger partial charge in [-0.15, -0.1) is 58.4 Å². The van der Waals surface area contributed by atoms with Crippen LogP contribution >= 0.6 is 100 Å². The van der Waals surface area contributed by atoms with Crippen LogP contribution in [0.3, 0.4) is 0 Å². The van der Waals surface area contributed by atoms with Crippen molar-refractivity contribution in [3.63, 3.8) is 0 Å². The van der Waals surface area contributed by atoms with Crippen molar-refractivity contribution >= 4 is 100 Å². The second-order valence-corrected chi connectivity index (χ2v) is 17.9. The van der Waals surface area contributed by atoms with Crippen LogP contribution in [0.15, 0.2) is 30.3 Å². The van der Waals surface area contributed by atoms with Crippen LogP contribution in [-0.2, 0) is 20.6 Å². The van der Waals surface area contributed by atoms with E-state index >= 15 is 0 Å². The van der Waals surface area contributed by atoms with Crippen LogP contribution in [0, 0.1) is 13.8 Å². The van der Waals surface area contributed by atoms with E-state index in [0.717, 1.165) is 49.4 Å². The van der Waals surface area contributed by atoms with Gasteiger partial charge in [0.1, 0.15) is 0 Å². The predicted octanol–water partition coefficient (Wildman–Crippen LogP) is 8.61. The molecule has 2 aromatic rings. The van der Waals surface area contributed by atoms with Crippen LogP contribution in [0.5, 0.6) is 0 Å². The van der Waals surface area contributed by atoms with E-state index in [1.165, 1.54) is 29.3 Å². The van der Waals surface area contributed by atoms with Gasteiger partial charge in [0, 0.05) is 63.1 Å². The monoisotopic (exact) mass is 625 g/mol. The van der Waals surface area contributed by atoms with Gasteiger partial charge in [-0.2, -0.15) is 11.3 Å². The molecule has 173 valence electrons. The van der Waals surface area contributed by atoms with Crippen molar-refractivity contribution in [2.45, 2.75) is 33.4 Å². The molecule has 30 heavy (non-hydrogen) atoms. The summed E-state index contributed by atoms with van der Waals surface area (Å²) in [6.45, 7) is 8.00. The van der Waals surface area contributed by atoms with Crippen LogP contribution in [0.2, 0.25) is 0 Å². The van der Waals surface area contributed by atoms with Crippen molar-refractivity contribution in [3.05, 3.63) is 20.5 Å². The first-order valence-corrected chi connectivity index (χ1v) is 19.2. The summed E-state index contributed by atoms with van der Waals surface area (Å²) in [7, 11) is 14.7. The van der Waals surface area contributed by atoms with E-state index in [1.807, 2.05) is 58.4 Å². The number of halogens is 3. The number of thiophene rings is 2. The third kappa shape index (κ3) is 11.0. The Balaban J connectivity index is 0.000000183. The Morgan fingerprint density at radius 1 is 0.700 bits per heavy atom. The third-order valence-electron chi connectivity index (χ3n) is 3.66. The Bertz CT molecular complexity index is 690. The molecule has 0 bridgehead atoms. The van der Waals surface area contributed by atoms with E-state index < -0.39 is 11.2 Å². The molecule has 2 aromatic heterocycles. The van der Waals surface area contributed by atoms with Crippen molar-refractivity contribution < 1.29 is 20.6 Å². The fourth-order valence-corrected chi connectivity index (χ4v) is 9.41. The Morgan fingerprint density at radius 3 is 1.47 bits per heavy atom. The van der Waals surface area contributed by atoms with E-state index in [9.17, 15) is 0 Å². The maximum atomic E-state index is 5.50. The minimum absolute atomic E-state index is 0.888. The van der Waals surface area contributed by atoms with Gasteiger partial charge in [0.25, 0.3) is 0 Å². The van der Waals surface area contributed by atoms with Crippen molar-refractivity contribution in [3.8, 4) is 0 Å². The van der Waals surface area contributed by atoms with E-state index in [2.05, 4.69) is 24.6 Å². The van der Waals surface area contributed by atoms with Gasteiger partial charge in [-0.05, 0) is 13.8 Å². The number of hydrogen-bond acceptors (Lipinski definition) is 8. The second-order valence-electron chi connectivity index (χ2n) is 5.74. The number of hydrogen-bond donors (Lipinski definition) is 0. The van der Waals surface area contributed by atoms with Crippen molar-refractivity contribution in [1.29, 1.82) is 0 Å². The van der Waals surface area contributed by atoms with Crippen LogP contribution < -0.4 is 0 Å². The fourth-order valence-electron chi connectivity index (χ4n) is 2.49. The molecule has 0 radical (unpaired) electrons. The molecule has 0 aliphatic carbocycles. The van der Waals surface area contributed by atoms with Gasteiger partial charge in [-0.25, -0.2) is 0 Å². The molecule has 0 fully saturated rings. The maximum Gasteiger partial charge on any atom is 0.0560 e. The van der Waals surface area contributed by atoms with Gasteiger partial charge in [0.15, 0.2) is 0 Å². The molecule has 0 aromatic carbocycles. The summed E-state index contributed by atoms with van der Waals surface area (Å²) in [5, 5.41) is 4.47. The molecule has 0 N–H and O–H groups in total. The zero-order valence-corrected chi connectivity index (χ0v) is 24.8. The van der Waals surface area contributed by atoms with Crippen molar-refractivity contribution in [1.82, 2.24) is 0 Å². The summed E-state index contributed by atoms with van der Waals surface area (Å²) in [6.07, 6.45) is 0. The second kappa shape index (κ2) is 16.7. The first-order valence-electron chi connectivity index (χ1n) is 8.98. The Hall–Kier alpha value is 2.11. The van der Waals surface area contributed by atoms with Crippen LogP contribution in [-0.4, -0.2) is 49.4 Å². The van der Waals surface area contributed by atoms with E-state index in [-0.39, 0.29) is 0 Å². The van der Waals surface area contributed by atoms with Gasteiger partial charge in [-0.1, -0.05) is 0 Å². The average molecular weight is 627 g/mol. The summed E-state index contributed by atoms with van der Waals surface area (Å²) in [5.74, 6) is 4.35. The number of thioether (sulfide) groups is 4. The summed E-state index contributed by atoms with van der Waals surface area (Å²) in [6, 6.07) is 0. The maximum absolute atomic E-state index is 5.50. The van der Waals surface area contributed by atoms with Crippen molar-refractivity contribution in [2.75, 3.05) is 49.4 Å². The number of rotatable bonds is 0. The third-order valence-corrected chi connectivity index (χ3v) is 10.6. The zero-order valence-electron chi connectivity index (χ0n) is 16.6. The molecule has 0 saturated heterocycles. The fraction of sp³-hybridized carbons (Fsp3) is 0.556. The molecular formula is C18H24Cl3FeO2S6. The Morgan fingerprint density at radius 2 is 1.07 bits per heavy atom. The molecule has 2 aliphatic rings. The van der Waals surface area contributed by atoms with Crippen LogP contribution in [0.25, 0.3) is 0 Å². The normalized spacial score (nSPS) is 17.6. The standard InChI is InChI=1S/C10H14OS3.C8H10OS3.3ClH.Fe/c1-7-9-10(8(2)14-7)13-6-4-11-3-5-12-9;1-3-11-7-5-10-6-8(7)12-4-2-9-1;;;;/h3-6H2,1-2H3;5-6H,1-4H2;3*1H;/q;;;;;+3/p-3. The molecule has 0 saturated carbocycles. The molecule has 4 heterocycles. The molecule has 0 unspecified atom stereocenters. The number of aryl methyl sites for hydroxylation is 2. The molecule has 12 heteroatoms. The largest absolute Gasteiger partial charge is 0.380 e. The summed E-state index contributed by atoms with van der Waals surface area (Å²) < 4.78 is 10.9. The predicted molar refractivity (Wildman–Crippen MR) is 140 cm³/mol. The van der Waals surface area contributed by atoms with Gasteiger partial charge in [-0.3, -0.25) is 0 Å². The Labute approximate surface area is 221 Å². The molecule has 2 nitrogen and oxygen atoms in total. The SMILES string of the molecule is Cc1sc(C)c2c1SCCOCCS2.[Cl][Fe]([Cl])[Cl].c1scc2c1SCCOCCS2. The molecule has 0 spiro atoms. The van der Waals surface area contributed by atoms with Gasteiger partial charge < -0.3 is 9.47 Å². The van der Waals surface area contributed by atoms with Gasteiger partial charge in [0.05, 0.1) is 26.4 Å².